The number of benzene rings is 2. The molecule has 1 amide bonds. The smallest absolute Gasteiger partial charge is 0.241 e. The lowest BCUT2D eigenvalue weighted by Crippen LogP contribution is -2.44. The summed E-state index contributed by atoms with van der Waals surface area (Å²) < 4.78 is 0. The Morgan fingerprint density at radius 2 is 2.00 bits per heavy atom. The fourth-order valence-corrected chi connectivity index (χ4v) is 2.93. The first-order valence-electron chi connectivity index (χ1n) is 7.79. The van der Waals surface area contributed by atoms with Gasteiger partial charge in [-0.2, -0.15) is 5.26 Å². The Balaban J connectivity index is 1.67. The molecule has 1 atom stereocenters. The van der Waals surface area contributed by atoms with Crippen LogP contribution in [0.4, 0.5) is 5.69 Å². The average molecular weight is 305 g/mol. The Hall–Kier alpha value is -2.64. The molecule has 1 heterocycles. The maximum atomic E-state index is 12.5. The maximum Gasteiger partial charge on any atom is 0.241 e. The van der Waals surface area contributed by atoms with Gasteiger partial charge in [0, 0.05) is 18.8 Å². The van der Waals surface area contributed by atoms with E-state index < -0.39 is 0 Å². The number of anilines is 1. The molecule has 1 unspecified atom stereocenters. The Labute approximate surface area is 136 Å². The summed E-state index contributed by atoms with van der Waals surface area (Å²) in [4.78, 5) is 14.7. The van der Waals surface area contributed by atoms with Crippen molar-refractivity contribution in [3.63, 3.8) is 0 Å². The molecule has 0 aromatic heterocycles. The normalized spacial score (nSPS) is 15.3. The van der Waals surface area contributed by atoms with Gasteiger partial charge in [-0.1, -0.05) is 30.3 Å². The zero-order valence-corrected chi connectivity index (χ0v) is 13.1. The molecule has 2 aromatic rings. The molecule has 1 aliphatic heterocycles. The second-order valence-electron chi connectivity index (χ2n) is 5.85. The zero-order valence-electron chi connectivity index (χ0n) is 13.1. The molecule has 2 aromatic carbocycles. The summed E-state index contributed by atoms with van der Waals surface area (Å²) >= 11 is 0. The van der Waals surface area contributed by atoms with Crippen LogP contribution in [-0.2, 0) is 17.8 Å². The van der Waals surface area contributed by atoms with E-state index in [2.05, 4.69) is 34.5 Å². The van der Waals surface area contributed by atoms with Crippen LogP contribution >= 0.6 is 0 Å². The van der Waals surface area contributed by atoms with Crippen LogP contribution < -0.4 is 5.32 Å². The van der Waals surface area contributed by atoms with Crippen molar-refractivity contribution in [3.05, 3.63) is 65.2 Å². The minimum absolute atomic E-state index is 0.0422. The Kier molecular flexibility index (Phi) is 4.40. The van der Waals surface area contributed by atoms with Crippen LogP contribution in [0.5, 0.6) is 0 Å². The SMILES string of the molecule is CC(C(=O)Nc1cccc(C#N)c1)N1CCc2ccccc2C1. The Morgan fingerprint density at radius 3 is 2.78 bits per heavy atom. The van der Waals surface area contributed by atoms with E-state index in [0.717, 1.165) is 19.5 Å². The first-order valence-corrected chi connectivity index (χ1v) is 7.79. The minimum Gasteiger partial charge on any atom is -0.325 e. The number of hydrogen-bond donors (Lipinski definition) is 1. The van der Waals surface area contributed by atoms with Gasteiger partial charge >= 0.3 is 0 Å². The molecule has 0 bridgehead atoms. The molecule has 3 rings (SSSR count). The first kappa shape index (κ1) is 15.3. The predicted octanol–water partition coefficient (Wildman–Crippen LogP) is 2.94. The van der Waals surface area contributed by atoms with E-state index in [1.807, 2.05) is 13.0 Å². The standard InChI is InChI=1S/C19H19N3O/c1-14(19(23)21-18-8-4-5-15(11-18)12-20)22-10-9-16-6-2-3-7-17(16)13-22/h2-8,11,14H,9-10,13H2,1H3,(H,21,23). The van der Waals surface area contributed by atoms with E-state index in [1.54, 1.807) is 24.3 Å². The highest BCUT2D eigenvalue weighted by Crippen LogP contribution is 2.21. The summed E-state index contributed by atoms with van der Waals surface area (Å²) in [5, 5.41) is 11.8. The van der Waals surface area contributed by atoms with E-state index >= 15 is 0 Å². The van der Waals surface area contributed by atoms with E-state index in [-0.39, 0.29) is 11.9 Å². The molecular formula is C19H19N3O. The molecule has 0 radical (unpaired) electrons. The summed E-state index contributed by atoms with van der Waals surface area (Å²) in [7, 11) is 0. The Bertz CT molecular complexity index is 763. The molecular weight excluding hydrogens is 286 g/mol. The lowest BCUT2D eigenvalue weighted by atomic mass is 9.99. The van der Waals surface area contributed by atoms with Crippen molar-refractivity contribution < 1.29 is 4.79 Å². The highest BCUT2D eigenvalue weighted by atomic mass is 16.2. The average Bonchev–Trinajstić information content (AvgIpc) is 2.60. The van der Waals surface area contributed by atoms with Crippen molar-refractivity contribution in [2.24, 2.45) is 0 Å². The van der Waals surface area contributed by atoms with Gasteiger partial charge in [-0.05, 0) is 42.7 Å². The number of fused-ring (bicyclic) bond motifs is 1. The third-order valence-electron chi connectivity index (χ3n) is 4.35. The number of carbonyl (C=O) groups is 1. The fourth-order valence-electron chi connectivity index (χ4n) is 2.93. The third kappa shape index (κ3) is 3.41. The summed E-state index contributed by atoms with van der Waals surface area (Å²) in [5.41, 5.74) is 3.88. The second-order valence-corrected chi connectivity index (χ2v) is 5.85. The summed E-state index contributed by atoms with van der Waals surface area (Å²) in [5.74, 6) is -0.0422. The van der Waals surface area contributed by atoms with Gasteiger partial charge in [0.1, 0.15) is 0 Å². The van der Waals surface area contributed by atoms with Crippen LogP contribution in [0.1, 0.15) is 23.6 Å². The van der Waals surface area contributed by atoms with Crippen molar-refractivity contribution in [3.8, 4) is 6.07 Å². The van der Waals surface area contributed by atoms with Gasteiger partial charge in [0.25, 0.3) is 0 Å². The highest BCUT2D eigenvalue weighted by molar-refractivity contribution is 5.94. The van der Waals surface area contributed by atoms with Crippen LogP contribution in [0.25, 0.3) is 0 Å². The van der Waals surface area contributed by atoms with Gasteiger partial charge in [0.2, 0.25) is 5.91 Å². The van der Waals surface area contributed by atoms with E-state index in [0.29, 0.717) is 11.3 Å². The number of amides is 1. The molecule has 1 aliphatic rings. The molecule has 0 fully saturated rings. The molecule has 23 heavy (non-hydrogen) atoms. The number of carbonyl (C=O) groups excluding carboxylic acids is 1. The van der Waals surface area contributed by atoms with Crippen LogP contribution in [0.3, 0.4) is 0 Å². The molecule has 116 valence electrons. The first-order chi connectivity index (χ1) is 11.2. The third-order valence-corrected chi connectivity index (χ3v) is 4.35. The maximum absolute atomic E-state index is 12.5. The molecule has 4 nitrogen and oxygen atoms in total. The van der Waals surface area contributed by atoms with Gasteiger partial charge in [-0.15, -0.1) is 0 Å². The van der Waals surface area contributed by atoms with Crippen molar-refractivity contribution in [1.82, 2.24) is 4.90 Å². The van der Waals surface area contributed by atoms with Gasteiger partial charge in [-0.3, -0.25) is 9.69 Å². The molecule has 0 saturated carbocycles. The fraction of sp³-hybridized carbons (Fsp3) is 0.263. The number of nitriles is 1. The van der Waals surface area contributed by atoms with Crippen LogP contribution in [0, 0.1) is 11.3 Å². The number of nitrogens with one attached hydrogen (secondary N) is 1. The van der Waals surface area contributed by atoms with E-state index in [1.165, 1.54) is 11.1 Å². The van der Waals surface area contributed by atoms with Crippen LogP contribution in [0.2, 0.25) is 0 Å². The molecule has 1 N–H and O–H groups in total. The summed E-state index contributed by atoms with van der Waals surface area (Å²) in [6, 6.07) is 17.2. The lowest BCUT2D eigenvalue weighted by molar-refractivity contribution is -0.121. The largest absolute Gasteiger partial charge is 0.325 e. The number of nitrogens with zero attached hydrogens (tertiary/aromatic N) is 2. The highest BCUT2D eigenvalue weighted by Gasteiger charge is 2.25. The molecule has 0 aliphatic carbocycles. The van der Waals surface area contributed by atoms with E-state index in [9.17, 15) is 4.79 Å². The summed E-state index contributed by atoms with van der Waals surface area (Å²) in [6.07, 6.45) is 0.970. The van der Waals surface area contributed by atoms with Crippen molar-refractivity contribution >= 4 is 11.6 Å². The number of rotatable bonds is 3. The molecule has 0 saturated heterocycles. The van der Waals surface area contributed by atoms with Gasteiger partial charge in [0.15, 0.2) is 0 Å². The van der Waals surface area contributed by atoms with Gasteiger partial charge < -0.3 is 5.32 Å². The Morgan fingerprint density at radius 1 is 1.22 bits per heavy atom. The van der Waals surface area contributed by atoms with Crippen molar-refractivity contribution in [2.75, 3.05) is 11.9 Å². The number of hydrogen-bond acceptors (Lipinski definition) is 3. The van der Waals surface area contributed by atoms with Crippen LogP contribution in [0.15, 0.2) is 48.5 Å². The zero-order chi connectivity index (χ0) is 16.2. The lowest BCUT2D eigenvalue weighted by Gasteiger charge is -2.32. The van der Waals surface area contributed by atoms with Gasteiger partial charge in [-0.25, -0.2) is 0 Å². The molecule has 0 spiro atoms. The topological polar surface area (TPSA) is 56.1 Å². The summed E-state index contributed by atoms with van der Waals surface area (Å²) in [6.45, 7) is 3.60. The monoisotopic (exact) mass is 305 g/mol. The van der Waals surface area contributed by atoms with Crippen LogP contribution in [-0.4, -0.2) is 23.4 Å². The van der Waals surface area contributed by atoms with E-state index in [4.69, 9.17) is 5.26 Å². The second kappa shape index (κ2) is 6.64. The van der Waals surface area contributed by atoms with Crippen molar-refractivity contribution in [1.29, 1.82) is 5.26 Å². The van der Waals surface area contributed by atoms with Gasteiger partial charge in [0.05, 0.1) is 17.7 Å². The predicted molar refractivity (Wildman–Crippen MR) is 89.8 cm³/mol. The minimum atomic E-state index is -0.214. The van der Waals surface area contributed by atoms with Crippen molar-refractivity contribution in [2.45, 2.75) is 25.9 Å². The molecule has 4 heteroatoms. The quantitative estimate of drug-likeness (QED) is 0.948.